The van der Waals surface area contributed by atoms with Crippen molar-refractivity contribution in [2.75, 3.05) is 13.1 Å². The number of ketones is 2. The van der Waals surface area contributed by atoms with Crippen LogP contribution in [0.2, 0.25) is 0 Å². The lowest BCUT2D eigenvalue weighted by atomic mass is 10.1. The van der Waals surface area contributed by atoms with Gasteiger partial charge in [-0.2, -0.15) is 0 Å². The van der Waals surface area contributed by atoms with Gasteiger partial charge in [-0.25, -0.2) is 0 Å². The third kappa shape index (κ3) is 7.89. The molecule has 0 aromatic carbocycles. The van der Waals surface area contributed by atoms with E-state index in [9.17, 15) is 9.59 Å². The largest absolute Gasteiger partial charge is 0.324 e. The SMILES string of the molecule is NCC(=O)CCCCCCC(=O)CN. The van der Waals surface area contributed by atoms with Crippen LogP contribution in [0.25, 0.3) is 0 Å². The second-order valence-electron chi connectivity index (χ2n) is 3.40. The second-order valence-corrected chi connectivity index (χ2v) is 3.40. The van der Waals surface area contributed by atoms with E-state index in [1.807, 2.05) is 0 Å². The summed E-state index contributed by atoms with van der Waals surface area (Å²) in [4.78, 5) is 21.6. The molecule has 0 rings (SSSR count). The van der Waals surface area contributed by atoms with Gasteiger partial charge in [0, 0.05) is 12.8 Å². The van der Waals surface area contributed by atoms with Gasteiger partial charge in [0.25, 0.3) is 0 Å². The maximum atomic E-state index is 10.8. The lowest BCUT2D eigenvalue weighted by Crippen LogP contribution is -2.13. The number of hydrogen-bond acceptors (Lipinski definition) is 4. The van der Waals surface area contributed by atoms with Crippen LogP contribution in [0.1, 0.15) is 38.5 Å². The van der Waals surface area contributed by atoms with Crippen molar-refractivity contribution < 1.29 is 9.59 Å². The average molecular weight is 200 g/mol. The highest BCUT2D eigenvalue weighted by Crippen LogP contribution is 2.05. The van der Waals surface area contributed by atoms with Crippen LogP contribution in [0.15, 0.2) is 0 Å². The molecule has 0 atom stereocenters. The van der Waals surface area contributed by atoms with Gasteiger partial charge < -0.3 is 11.5 Å². The Morgan fingerprint density at radius 3 is 1.36 bits per heavy atom. The fourth-order valence-electron chi connectivity index (χ4n) is 1.20. The molecule has 4 heteroatoms. The zero-order valence-electron chi connectivity index (χ0n) is 8.63. The standard InChI is InChI=1S/C10H20N2O2/c11-7-9(13)5-3-1-2-4-6-10(14)8-12/h1-8,11-12H2. The van der Waals surface area contributed by atoms with E-state index in [2.05, 4.69) is 0 Å². The van der Waals surface area contributed by atoms with Crippen molar-refractivity contribution in [2.45, 2.75) is 38.5 Å². The maximum Gasteiger partial charge on any atom is 0.146 e. The highest BCUT2D eigenvalue weighted by molar-refractivity contribution is 5.80. The van der Waals surface area contributed by atoms with E-state index in [0.717, 1.165) is 25.7 Å². The normalized spacial score (nSPS) is 10.1. The first-order chi connectivity index (χ1) is 6.70. The van der Waals surface area contributed by atoms with Gasteiger partial charge in [0.2, 0.25) is 0 Å². The number of carbonyl (C=O) groups excluding carboxylic acids is 2. The lowest BCUT2D eigenvalue weighted by molar-refractivity contribution is -0.118. The minimum absolute atomic E-state index is 0.114. The predicted molar refractivity (Wildman–Crippen MR) is 55.8 cm³/mol. The molecule has 0 saturated heterocycles. The monoisotopic (exact) mass is 200 g/mol. The van der Waals surface area contributed by atoms with Gasteiger partial charge in [0.1, 0.15) is 11.6 Å². The fraction of sp³-hybridized carbons (Fsp3) is 0.800. The molecule has 0 spiro atoms. The minimum Gasteiger partial charge on any atom is -0.324 e. The Kier molecular flexibility index (Phi) is 8.37. The summed E-state index contributed by atoms with van der Waals surface area (Å²) in [5.74, 6) is 0.228. The molecule has 0 aliphatic heterocycles. The van der Waals surface area contributed by atoms with Crippen molar-refractivity contribution in [1.82, 2.24) is 0 Å². The molecule has 4 N–H and O–H groups in total. The van der Waals surface area contributed by atoms with Crippen LogP contribution in [0, 0.1) is 0 Å². The molecular formula is C10H20N2O2. The van der Waals surface area contributed by atoms with Crippen LogP contribution in [0.4, 0.5) is 0 Å². The second kappa shape index (κ2) is 8.84. The Labute approximate surface area is 85.0 Å². The minimum atomic E-state index is 0.114. The molecule has 0 aliphatic carbocycles. The Morgan fingerprint density at radius 1 is 0.714 bits per heavy atom. The van der Waals surface area contributed by atoms with E-state index in [4.69, 9.17) is 11.5 Å². The quantitative estimate of drug-likeness (QED) is 0.527. The third-order valence-electron chi connectivity index (χ3n) is 2.12. The molecule has 0 aromatic heterocycles. The molecule has 14 heavy (non-hydrogen) atoms. The van der Waals surface area contributed by atoms with E-state index < -0.39 is 0 Å². The summed E-state index contributed by atoms with van der Waals surface area (Å²) in [5.41, 5.74) is 10.3. The molecule has 0 radical (unpaired) electrons. The Bertz CT molecular complexity index is 161. The number of unbranched alkanes of at least 4 members (excludes halogenated alkanes) is 3. The first kappa shape index (κ1) is 13.3. The van der Waals surface area contributed by atoms with E-state index in [1.165, 1.54) is 0 Å². The number of carbonyl (C=O) groups is 2. The van der Waals surface area contributed by atoms with Gasteiger partial charge >= 0.3 is 0 Å². The molecule has 0 aromatic rings. The molecule has 0 amide bonds. The Morgan fingerprint density at radius 2 is 1.07 bits per heavy atom. The number of Topliss-reactive ketones (excluding diaryl/α,β-unsaturated/α-hetero) is 2. The third-order valence-corrected chi connectivity index (χ3v) is 2.12. The average Bonchev–Trinajstić information content (AvgIpc) is 2.22. The maximum absolute atomic E-state index is 10.8. The van der Waals surface area contributed by atoms with Crippen molar-refractivity contribution in [1.29, 1.82) is 0 Å². The number of hydrogen-bond donors (Lipinski definition) is 2. The van der Waals surface area contributed by atoms with Gasteiger partial charge in [-0.15, -0.1) is 0 Å². The summed E-state index contributed by atoms with van der Waals surface area (Å²) in [6.07, 6.45) is 4.88. The Balaban J connectivity index is 3.14. The molecular weight excluding hydrogens is 180 g/mol. The van der Waals surface area contributed by atoms with Crippen LogP contribution >= 0.6 is 0 Å². The summed E-state index contributed by atoms with van der Waals surface area (Å²) < 4.78 is 0. The first-order valence-electron chi connectivity index (χ1n) is 5.14. The highest BCUT2D eigenvalue weighted by Gasteiger charge is 2.00. The van der Waals surface area contributed by atoms with Crippen molar-refractivity contribution in [3.63, 3.8) is 0 Å². The van der Waals surface area contributed by atoms with Crippen molar-refractivity contribution >= 4 is 11.6 Å². The lowest BCUT2D eigenvalue weighted by Gasteiger charge is -1.99. The first-order valence-corrected chi connectivity index (χ1v) is 5.14. The van der Waals surface area contributed by atoms with E-state index in [1.54, 1.807) is 0 Å². The summed E-state index contributed by atoms with van der Waals surface area (Å²) in [6.45, 7) is 0.289. The van der Waals surface area contributed by atoms with Crippen molar-refractivity contribution in [2.24, 2.45) is 11.5 Å². The highest BCUT2D eigenvalue weighted by atomic mass is 16.1. The van der Waals surface area contributed by atoms with Gasteiger partial charge in [-0.05, 0) is 12.8 Å². The van der Waals surface area contributed by atoms with E-state index >= 15 is 0 Å². The summed E-state index contributed by atoms with van der Waals surface area (Å²) in [7, 11) is 0. The molecule has 0 bridgehead atoms. The number of rotatable bonds is 9. The zero-order valence-corrected chi connectivity index (χ0v) is 8.63. The van der Waals surface area contributed by atoms with Gasteiger partial charge in [-0.3, -0.25) is 9.59 Å². The van der Waals surface area contributed by atoms with E-state index in [0.29, 0.717) is 12.8 Å². The molecule has 0 fully saturated rings. The zero-order chi connectivity index (χ0) is 10.8. The van der Waals surface area contributed by atoms with Crippen LogP contribution in [-0.2, 0) is 9.59 Å². The summed E-state index contributed by atoms with van der Waals surface area (Å²) in [6, 6.07) is 0. The molecule has 0 saturated carbocycles. The Hall–Kier alpha value is -0.740. The van der Waals surface area contributed by atoms with Gasteiger partial charge in [-0.1, -0.05) is 12.8 Å². The van der Waals surface area contributed by atoms with Crippen LogP contribution in [-0.4, -0.2) is 24.7 Å². The molecule has 0 heterocycles. The smallest absolute Gasteiger partial charge is 0.146 e. The summed E-state index contributed by atoms with van der Waals surface area (Å²) >= 11 is 0. The predicted octanol–water partition coefficient (Wildman–Crippen LogP) is 0.383. The van der Waals surface area contributed by atoms with Crippen LogP contribution in [0.5, 0.6) is 0 Å². The fourth-order valence-corrected chi connectivity index (χ4v) is 1.20. The topological polar surface area (TPSA) is 86.2 Å². The molecule has 0 unspecified atom stereocenters. The molecule has 82 valence electrons. The van der Waals surface area contributed by atoms with Crippen LogP contribution < -0.4 is 11.5 Å². The van der Waals surface area contributed by atoms with Gasteiger partial charge in [0.15, 0.2) is 0 Å². The summed E-state index contributed by atoms with van der Waals surface area (Å²) in [5, 5.41) is 0. The van der Waals surface area contributed by atoms with Gasteiger partial charge in [0.05, 0.1) is 13.1 Å². The van der Waals surface area contributed by atoms with E-state index in [-0.39, 0.29) is 24.7 Å². The number of nitrogens with two attached hydrogens (primary N) is 2. The van der Waals surface area contributed by atoms with Crippen LogP contribution in [0.3, 0.4) is 0 Å². The molecule has 4 nitrogen and oxygen atoms in total. The van der Waals surface area contributed by atoms with Crippen molar-refractivity contribution in [3.8, 4) is 0 Å². The van der Waals surface area contributed by atoms with Crippen molar-refractivity contribution in [3.05, 3.63) is 0 Å². The molecule has 0 aliphatic rings.